The lowest BCUT2D eigenvalue weighted by Crippen LogP contribution is -2.19. The maximum absolute atomic E-state index is 6.00. The second-order valence-corrected chi connectivity index (χ2v) is 5.06. The summed E-state index contributed by atoms with van der Waals surface area (Å²) in [5.74, 6) is 1.57. The van der Waals surface area contributed by atoms with E-state index in [2.05, 4.69) is 37.3 Å². The van der Waals surface area contributed by atoms with Crippen molar-refractivity contribution in [3.05, 3.63) is 30.4 Å². The van der Waals surface area contributed by atoms with E-state index in [-0.39, 0.29) is 0 Å². The van der Waals surface area contributed by atoms with Crippen molar-refractivity contribution >= 4 is 5.69 Å². The molecule has 3 nitrogen and oxygen atoms in total. The molecule has 2 unspecified atom stereocenters. The second-order valence-electron chi connectivity index (χ2n) is 5.06. The molecule has 3 heteroatoms. The highest BCUT2D eigenvalue weighted by atomic mass is 14.9. The Hall–Kier alpha value is -1.38. The van der Waals surface area contributed by atoms with Crippen LogP contribution < -0.4 is 5.73 Å². The minimum absolute atomic E-state index is 0.490. The van der Waals surface area contributed by atoms with E-state index < -0.39 is 0 Å². The summed E-state index contributed by atoms with van der Waals surface area (Å²) in [5.41, 5.74) is 8.54. The molecule has 0 radical (unpaired) electrons. The van der Waals surface area contributed by atoms with Gasteiger partial charge in [0.1, 0.15) is 6.33 Å². The van der Waals surface area contributed by atoms with Gasteiger partial charge in [0, 0.05) is 0 Å². The second kappa shape index (κ2) is 5.80. The zero-order chi connectivity index (χ0) is 13.0. The fourth-order valence-electron chi connectivity index (χ4n) is 2.30. The van der Waals surface area contributed by atoms with Gasteiger partial charge in [0.2, 0.25) is 0 Å². The molecule has 17 heavy (non-hydrogen) atoms. The zero-order valence-corrected chi connectivity index (χ0v) is 11.3. The Morgan fingerprint density at radius 2 is 2.00 bits per heavy atom. The average molecular weight is 233 g/mol. The van der Waals surface area contributed by atoms with Crippen LogP contribution in [0, 0.1) is 24.7 Å². The summed E-state index contributed by atoms with van der Waals surface area (Å²) in [6, 6.07) is 0. The third kappa shape index (κ3) is 3.29. The fraction of sp³-hybridized carbons (Fsp3) is 0.571. The van der Waals surface area contributed by atoms with Crippen molar-refractivity contribution in [2.45, 2.75) is 34.1 Å². The van der Waals surface area contributed by atoms with Gasteiger partial charge < -0.3 is 5.73 Å². The van der Waals surface area contributed by atoms with E-state index in [0.29, 0.717) is 17.8 Å². The summed E-state index contributed by atoms with van der Waals surface area (Å²) in [7, 11) is 0. The molecule has 0 amide bonds. The molecule has 0 bridgehead atoms. The number of anilines is 1. The predicted octanol–water partition coefficient (Wildman–Crippen LogP) is 3.00. The molecule has 94 valence electrons. The Balaban J connectivity index is 2.83. The average Bonchev–Trinajstić information content (AvgIpc) is 2.25. The van der Waals surface area contributed by atoms with Crippen LogP contribution in [-0.4, -0.2) is 9.97 Å². The van der Waals surface area contributed by atoms with Gasteiger partial charge >= 0.3 is 0 Å². The topological polar surface area (TPSA) is 51.8 Å². The van der Waals surface area contributed by atoms with Crippen molar-refractivity contribution in [3.8, 4) is 0 Å². The van der Waals surface area contributed by atoms with Crippen LogP contribution in [0.4, 0.5) is 5.69 Å². The lowest BCUT2D eigenvalue weighted by Gasteiger charge is -2.24. The molecule has 0 aliphatic heterocycles. The zero-order valence-electron chi connectivity index (χ0n) is 11.3. The molecule has 0 saturated carbocycles. The first-order chi connectivity index (χ1) is 7.97. The molecule has 0 aromatic carbocycles. The number of hydrogen-bond acceptors (Lipinski definition) is 3. The van der Waals surface area contributed by atoms with Crippen molar-refractivity contribution in [1.82, 2.24) is 9.97 Å². The first-order valence-electron chi connectivity index (χ1n) is 6.15. The molecule has 2 N–H and O–H groups in total. The van der Waals surface area contributed by atoms with Crippen LogP contribution in [0.15, 0.2) is 19.0 Å². The van der Waals surface area contributed by atoms with E-state index in [1.54, 1.807) is 6.33 Å². The van der Waals surface area contributed by atoms with Crippen LogP contribution in [-0.2, 0) is 6.42 Å². The Kier molecular flexibility index (Phi) is 4.67. The maximum Gasteiger partial charge on any atom is 0.116 e. The number of allylic oxidation sites excluding steroid dienone is 1. The third-order valence-corrected chi connectivity index (χ3v) is 3.38. The summed E-state index contributed by atoms with van der Waals surface area (Å²) < 4.78 is 0. The first kappa shape index (κ1) is 13.7. The van der Waals surface area contributed by atoms with Gasteiger partial charge in [0.25, 0.3) is 0 Å². The van der Waals surface area contributed by atoms with Gasteiger partial charge in [-0.15, -0.1) is 6.58 Å². The SMILES string of the molecule is C=CC(C(C)C)C(C)Cc1ncnc(C)c1N. The lowest BCUT2D eigenvalue weighted by molar-refractivity contribution is 0.331. The number of nitrogens with zero attached hydrogens (tertiary/aromatic N) is 2. The summed E-state index contributed by atoms with van der Waals surface area (Å²) in [6.07, 6.45) is 4.51. The lowest BCUT2D eigenvalue weighted by atomic mass is 9.82. The molecule has 0 saturated heterocycles. The van der Waals surface area contributed by atoms with Crippen LogP contribution in [0.5, 0.6) is 0 Å². The van der Waals surface area contributed by atoms with E-state index in [1.165, 1.54) is 0 Å². The third-order valence-electron chi connectivity index (χ3n) is 3.38. The van der Waals surface area contributed by atoms with Gasteiger partial charge in [-0.05, 0) is 31.1 Å². The summed E-state index contributed by atoms with van der Waals surface area (Å²) >= 11 is 0. The highest BCUT2D eigenvalue weighted by molar-refractivity contribution is 5.46. The van der Waals surface area contributed by atoms with Crippen molar-refractivity contribution in [2.24, 2.45) is 17.8 Å². The van der Waals surface area contributed by atoms with Gasteiger partial charge in [0.15, 0.2) is 0 Å². The van der Waals surface area contributed by atoms with Crippen LogP contribution in [0.1, 0.15) is 32.2 Å². The Morgan fingerprint density at radius 1 is 1.35 bits per heavy atom. The molecular formula is C14H23N3. The quantitative estimate of drug-likeness (QED) is 0.795. The van der Waals surface area contributed by atoms with Gasteiger partial charge in [-0.1, -0.05) is 26.8 Å². The molecule has 1 rings (SSSR count). The van der Waals surface area contributed by atoms with Crippen molar-refractivity contribution in [1.29, 1.82) is 0 Å². The van der Waals surface area contributed by atoms with Crippen molar-refractivity contribution in [2.75, 3.05) is 5.73 Å². The molecule has 1 aromatic rings. The first-order valence-corrected chi connectivity index (χ1v) is 6.15. The standard InChI is InChI=1S/C14H23N3/c1-6-12(9(2)3)10(4)7-13-14(15)11(5)16-8-17-13/h6,8-10,12H,1,7,15H2,2-5H3. The normalized spacial score (nSPS) is 14.6. The van der Waals surface area contributed by atoms with E-state index in [4.69, 9.17) is 5.73 Å². The largest absolute Gasteiger partial charge is 0.396 e. The Bertz CT molecular complexity index is 385. The fourth-order valence-corrected chi connectivity index (χ4v) is 2.30. The summed E-state index contributed by atoms with van der Waals surface area (Å²) in [4.78, 5) is 8.38. The van der Waals surface area contributed by atoms with Crippen LogP contribution >= 0.6 is 0 Å². The summed E-state index contributed by atoms with van der Waals surface area (Å²) in [5, 5.41) is 0. The van der Waals surface area contributed by atoms with E-state index >= 15 is 0 Å². The molecule has 0 aliphatic carbocycles. The monoisotopic (exact) mass is 233 g/mol. The van der Waals surface area contributed by atoms with Gasteiger partial charge in [-0.25, -0.2) is 9.97 Å². The van der Waals surface area contributed by atoms with Gasteiger partial charge in [-0.2, -0.15) is 0 Å². The maximum atomic E-state index is 6.00. The van der Waals surface area contributed by atoms with Crippen molar-refractivity contribution < 1.29 is 0 Å². The Labute approximate surface area is 104 Å². The molecule has 1 heterocycles. The van der Waals surface area contributed by atoms with E-state index in [0.717, 1.165) is 23.5 Å². The smallest absolute Gasteiger partial charge is 0.116 e. The van der Waals surface area contributed by atoms with Crippen molar-refractivity contribution in [3.63, 3.8) is 0 Å². The number of aromatic nitrogens is 2. The predicted molar refractivity (Wildman–Crippen MR) is 72.6 cm³/mol. The molecule has 0 fully saturated rings. The summed E-state index contributed by atoms with van der Waals surface area (Å²) in [6.45, 7) is 12.5. The van der Waals surface area contributed by atoms with Gasteiger partial charge in [-0.3, -0.25) is 0 Å². The molecule has 2 atom stereocenters. The minimum atomic E-state index is 0.490. The number of rotatable bonds is 5. The molecule has 0 spiro atoms. The van der Waals surface area contributed by atoms with E-state index in [9.17, 15) is 0 Å². The minimum Gasteiger partial charge on any atom is -0.396 e. The number of nitrogens with two attached hydrogens (primary N) is 1. The number of hydrogen-bond donors (Lipinski definition) is 1. The van der Waals surface area contributed by atoms with Crippen LogP contribution in [0.25, 0.3) is 0 Å². The number of nitrogen functional groups attached to an aromatic ring is 1. The number of aryl methyl sites for hydroxylation is 1. The van der Waals surface area contributed by atoms with Crippen LogP contribution in [0.2, 0.25) is 0 Å². The molecule has 1 aromatic heterocycles. The highest BCUT2D eigenvalue weighted by Crippen LogP contribution is 2.26. The van der Waals surface area contributed by atoms with Crippen LogP contribution in [0.3, 0.4) is 0 Å². The van der Waals surface area contributed by atoms with E-state index in [1.807, 2.05) is 13.0 Å². The van der Waals surface area contributed by atoms with Gasteiger partial charge in [0.05, 0.1) is 17.1 Å². The Morgan fingerprint density at radius 3 is 2.53 bits per heavy atom. The molecular weight excluding hydrogens is 210 g/mol. The molecule has 0 aliphatic rings. The highest BCUT2D eigenvalue weighted by Gasteiger charge is 2.19.